The summed E-state index contributed by atoms with van der Waals surface area (Å²) >= 11 is 13.5. The summed E-state index contributed by atoms with van der Waals surface area (Å²) < 4.78 is 0. The van der Waals surface area contributed by atoms with Crippen molar-refractivity contribution in [1.29, 1.82) is 0 Å². The van der Waals surface area contributed by atoms with Crippen LogP contribution in [0.3, 0.4) is 0 Å². The minimum Gasteiger partial charge on any atom is -0.355 e. The van der Waals surface area contributed by atoms with E-state index in [1.165, 1.54) is 4.90 Å². The summed E-state index contributed by atoms with van der Waals surface area (Å²) in [5, 5.41) is 3.87. The molecule has 0 saturated heterocycles. The zero-order valence-electron chi connectivity index (χ0n) is 11.3. The first-order chi connectivity index (χ1) is 10.1. The normalized spacial score (nSPS) is 10.4. The van der Waals surface area contributed by atoms with E-state index in [0.29, 0.717) is 23.0 Å². The summed E-state index contributed by atoms with van der Waals surface area (Å²) in [4.78, 5) is 13.0. The molecule has 2 nitrogen and oxygen atoms in total. The quantitative estimate of drug-likeness (QED) is 0.622. The fourth-order valence-corrected chi connectivity index (χ4v) is 2.88. The fraction of sp³-hybridized carbons (Fsp3) is 0.188. The van der Waals surface area contributed by atoms with Crippen molar-refractivity contribution >= 4 is 40.9 Å². The average Bonchev–Trinajstić information content (AvgIpc) is 2.49. The number of carbonyl (C=O) groups is 1. The number of halogens is 2. The number of amides is 1. The average molecular weight is 340 g/mol. The molecular weight excluding hydrogens is 325 g/mol. The lowest BCUT2D eigenvalue weighted by Gasteiger charge is -2.06. The molecule has 0 aromatic heterocycles. The Labute approximate surface area is 138 Å². The summed E-state index contributed by atoms with van der Waals surface area (Å²) in [7, 11) is 0. The van der Waals surface area contributed by atoms with Crippen molar-refractivity contribution in [3.05, 3.63) is 64.1 Å². The van der Waals surface area contributed by atoms with E-state index in [1.54, 1.807) is 23.9 Å². The maximum absolute atomic E-state index is 11.8. The first-order valence-corrected chi connectivity index (χ1v) is 8.28. The molecule has 0 saturated carbocycles. The molecule has 0 heterocycles. The van der Waals surface area contributed by atoms with Gasteiger partial charge in [-0.1, -0.05) is 47.5 Å². The van der Waals surface area contributed by atoms with Gasteiger partial charge in [-0.2, -0.15) is 0 Å². The molecule has 2 rings (SSSR count). The van der Waals surface area contributed by atoms with Crippen molar-refractivity contribution in [2.45, 2.75) is 11.3 Å². The minimum absolute atomic E-state index is 0.0120. The first-order valence-electron chi connectivity index (χ1n) is 6.53. The summed E-state index contributed by atoms with van der Waals surface area (Å²) in [6.07, 6.45) is 0.312. The van der Waals surface area contributed by atoms with Crippen LogP contribution in [0.1, 0.15) is 5.56 Å². The Kier molecular flexibility index (Phi) is 6.43. The van der Waals surface area contributed by atoms with E-state index in [4.69, 9.17) is 23.2 Å². The molecule has 0 spiro atoms. The Morgan fingerprint density at radius 1 is 1.05 bits per heavy atom. The van der Waals surface area contributed by atoms with Gasteiger partial charge in [0.2, 0.25) is 5.91 Å². The van der Waals surface area contributed by atoms with Crippen LogP contribution < -0.4 is 5.32 Å². The third-order valence-electron chi connectivity index (χ3n) is 2.78. The van der Waals surface area contributed by atoms with Crippen LogP contribution in [0.25, 0.3) is 0 Å². The van der Waals surface area contributed by atoms with Crippen LogP contribution in [-0.4, -0.2) is 18.2 Å². The molecule has 21 heavy (non-hydrogen) atoms. The van der Waals surface area contributed by atoms with Gasteiger partial charge in [0.25, 0.3) is 0 Å². The van der Waals surface area contributed by atoms with Crippen molar-refractivity contribution < 1.29 is 4.79 Å². The third-order valence-corrected chi connectivity index (χ3v) is 4.54. The highest BCUT2D eigenvalue weighted by atomic mass is 35.5. The minimum atomic E-state index is -0.0120. The van der Waals surface area contributed by atoms with Gasteiger partial charge in [0, 0.05) is 17.2 Å². The Morgan fingerprint density at radius 3 is 2.52 bits per heavy atom. The number of nitrogens with one attached hydrogen (secondary N) is 1. The fourth-order valence-electron chi connectivity index (χ4n) is 1.77. The lowest BCUT2D eigenvalue weighted by atomic mass is 10.1. The number of carbonyl (C=O) groups excluding carboxylic acids is 1. The van der Waals surface area contributed by atoms with Crippen molar-refractivity contribution in [3.63, 3.8) is 0 Å². The van der Waals surface area contributed by atoms with E-state index >= 15 is 0 Å². The van der Waals surface area contributed by atoms with E-state index in [9.17, 15) is 4.79 Å². The van der Waals surface area contributed by atoms with Crippen LogP contribution in [0.15, 0.2) is 53.4 Å². The van der Waals surface area contributed by atoms with Gasteiger partial charge >= 0.3 is 0 Å². The van der Waals surface area contributed by atoms with Crippen LogP contribution in [-0.2, 0) is 11.2 Å². The molecule has 0 aliphatic carbocycles. The largest absolute Gasteiger partial charge is 0.355 e. The van der Waals surface area contributed by atoms with Gasteiger partial charge in [0.15, 0.2) is 0 Å². The second-order valence-electron chi connectivity index (χ2n) is 4.44. The summed E-state index contributed by atoms with van der Waals surface area (Å²) in [6, 6.07) is 15.4. The molecule has 5 heteroatoms. The van der Waals surface area contributed by atoms with E-state index in [-0.39, 0.29) is 5.91 Å². The molecule has 0 fully saturated rings. The van der Waals surface area contributed by atoms with Crippen LogP contribution in [0, 0.1) is 0 Å². The van der Waals surface area contributed by atoms with E-state index in [2.05, 4.69) is 17.4 Å². The van der Waals surface area contributed by atoms with Gasteiger partial charge < -0.3 is 5.32 Å². The molecular formula is C16H15Cl2NOS. The molecule has 1 amide bonds. The molecule has 110 valence electrons. The van der Waals surface area contributed by atoms with Crippen LogP contribution in [0.5, 0.6) is 0 Å². The number of rotatable bonds is 6. The number of thioether (sulfide) groups is 1. The maximum atomic E-state index is 11.8. The molecule has 0 bridgehead atoms. The first kappa shape index (κ1) is 16.2. The van der Waals surface area contributed by atoms with Crippen molar-refractivity contribution in [1.82, 2.24) is 5.32 Å². The monoisotopic (exact) mass is 339 g/mol. The lowest BCUT2D eigenvalue weighted by molar-refractivity contribution is -0.120. The maximum Gasteiger partial charge on any atom is 0.224 e. The third kappa shape index (κ3) is 5.62. The van der Waals surface area contributed by atoms with Gasteiger partial charge in [-0.3, -0.25) is 4.79 Å². The smallest absolute Gasteiger partial charge is 0.224 e. The topological polar surface area (TPSA) is 29.1 Å². The Hall–Kier alpha value is -1.16. The Balaban J connectivity index is 1.71. The van der Waals surface area contributed by atoms with E-state index in [0.717, 1.165) is 11.3 Å². The number of hydrogen-bond donors (Lipinski definition) is 1. The SMILES string of the molecule is O=C(Cc1ccc(Cl)c(Cl)c1)NCCSc1ccccc1. The molecule has 0 aliphatic rings. The number of benzene rings is 2. The van der Waals surface area contributed by atoms with Gasteiger partial charge in [-0.25, -0.2) is 0 Å². The van der Waals surface area contributed by atoms with Crippen molar-refractivity contribution in [2.24, 2.45) is 0 Å². The highest BCUT2D eigenvalue weighted by Gasteiger charge is 2.05. The van der Waals surface area contributed by atoms with Gasteiger partial charge in [-0.15, -0.1) is 11.8 Å². The zero-order chi connectivity index (χ0) is 15.1. The zero-order valence-corrected chi connectivity index (χ0v) is 13.6. The highest BCUT2D eigenvalue weighted by molar-refractivity contribution is 7.99. The standard InChI is InChI=1S/C16H15Cl2NOS/c17-14-7-6-12(10-15(14)18)11-16(20)19-8-9-21-13-4-2-1-3-5-13/h1-7,10H,8-9,11H2,(H,19,20). The second kappa shape index (κ2) is 8.32. The Bertz CT molecular complexity index is 604. The van der Waals surface area contributed by atoms with Gasteiger partial charge in [0.1, 0.15) is 0 Å². The summed E-state index contributed by atoms with van der Waals surface area (Å²) in [5.41, 5.74) is 0.859. The predicted octanol–water partition coefficient (Wildman–Crippen LogP) is 4.44. The molecule has 2 aromatic carbocycles. The molecule has 0 unspecified atom stereocenters. The van der Waals surface area contributed by atoms with Crippen LogP contribution in [0.2, 0.25) is 10.0 Å². The second-order valence-corrected chi connectivity index (χ2v) is 6.42. The van der Waals surface area contributed by atoms with E-state index in [1.807, 2.05) is 24.3 Å². The molecule has 0 atom stereocenters. The molecule has 0 aliphatic heterocycles. The molecule has 1 N–H and O–H groups in total. The van der Waals surface area contributed by atoms with Crippen molar-refractivity contribution in [2.75, 3.05) is 12.3 Å². The summed E-state index contributed by atoms with van der Waals surface area (Å²) in [5.74, 6) is 0.832. The lowest BCUT2D eigenvalue weighted by Crippen LogP contribution is -2.27. The Morgan fingerprint density at radius 2 is 1.81 bits per heavy atom. The van der Waals surface area contributed by atoms with Gasteiger partial charge in [-0.05, 0) is 29.8 Å². The number of hydrogen-bond acceptors (Lipinski definition) is 2. The van der Waals surface area contributed by atoms with Gasteiger partial charge in [0.05, 0.1) is 16.5 Å². The summed E-state index contributed by atoms with van der Waals surface area (Å²) in [6.45, 7) is 0.639. The molecule has 2 aromatic rings. The predicted molar refractivity (Wildman–Crippen MR) is 90.3 cm³/mol. The van der Waals surface area contributed by atoms with Crippen LogP contribution in [0.4, 0.5) is 0 Å². The van der Waals surface area contributed by atoms with Crippen molar-refractivity contribution in [3.8, 4) is 0 Å². The van der Waals surface area contributed by atoms with Crippen LogP contribution >= 0.6 is 35.0 Å². The molecule has 0 radical (unpaired) electrons. The highest BCUT2D eigenvalue weighted by Crippen LogP contribution is 2.22. The van der Waals surface area contributed by atoms with E-state index < -0.39 is 0 Å².